The van der Waals surface area contributed by atoms with Gasteiger partial charge in [-0.2, -0.15) is 36.5 Å². The normalized spacial score (nSPS) is 13.0. The maximum Gasteiger partial charge on any atom is 0.435 e. The zero-order valence-corrected chi connectivity index (χ0v) is 10.9. The second kappa shape index (κ2) is 4.78. The summed E-state index contributed by atoms with van der Waals surface area (Å²) >= 11 is 0. The first-order valence-corrected chi connectivity index (χ1v) is 5.72. The summed E-state index contributed by atoms with van der Waals surface area (Å²) in [6.45, 7) is 2.66. The molecule has 0 radical (unpaired) electrons. The molecule has 0 spiro atoms. The first kappa shape index (κ1) is 15.4. The van der Waals surface area contributed by atoms with Crippen LogP contribution in [0.5, 0.6) is 0 Å². The van der Waals surface area contributed by atoms with E-state index < -0.39 is 30.4 Å². The summed E-state index contributed by atoms with van der Waals surface area (Å²) in [5.41, 5.74) is -1.99. The highest BCUT2D eigenvalue weighted by atomic mass is 19.4. The smallest absolute Gasteiger partial charge is 0.248 e. The summed E-state index contributed by atoms with van der Waals surface area (Å²) in [5, 5.41) is 6.91. The fraction of sp³-hybridized carbons (Fsp3) is 0.455. The lowest BCUT2D eigenvalue weighted by Gasteiger charge is -2.11. The van der Waals surface area contributed by atoms with Crippen LogP contribution in [0.1, 0.15) is 22.8 Å². The lowest BCUT2D eigenvalue weighted by Crippen LogP contribution is -2.20. The molecule has 0 atom stereocenters. The van der Waals surface area contributed by atoms with Crippen LogP contribution in [0, 0.1) is 13.8 Å². The van der Waals surface area contributed by atoms with Crippen molar-refractivity contribution >= 4 is 0 Å². The number of alkyl halides is 6. The Balaban J connectivity index is 2.47. The average molecular weight is 312 g/mol. The Morgan fingerprint density at radius 3 is 1.95 bits per heavy atom. The lowest BCUT2D eigenvalue weighted by atomic mass is 10.3. The fourth-order valence-corrected chi connectivity index (χ4v) is 1.84. The molecule has 0 aliphatic carbocycles. The Kier molecular flexibility index (Phi) is 3.50. The largest absolute Gasteiger partial charge is 0.435 e. The van der Waals surface area contributed by atoms with Gasteiger partial charge in [-0.3, -0.25) is 0 Å². The van der Waals surface area contributed by atoms with Crippen LogP contribution in [-0.4, -0.2) is 19.6 Å². The van der Waals surface area contributed by atoms with E-state index in [9.17, 15) is 26.3 Å². The maximum atomic E-state index is 12.8. The third kappa shape index (κ3) is 3.19. The fourth-order valence-electron chi connectivity index (χ4n) is 1.84. The van der Waals surface area contributed by atoms with E-state index in [-0.39, 0.29) is 10.7 Å². The SMILES string of the molecule is Cc1cc(C)n(Cn2nc(C(F)(F)F)cc2C(F)(F)F)n1. The van der Waals surface area contributed by atoms with Crippen molar-refractivity contribution in [1.29, 1.82) is 0 Å². The van der Waals surface area contributed by atoms with Crippen molar-refractivity contribution in [2.75, 3.05) is 0 Å². The van der Waals surface area contributed by atoms with Crippen molar-refractivity contribution in [1.82, 2.24) is 19.6 Å². The Bertz CT molecular complexity index is 649. The predicted molar refractivity (Wildman–Crippen MR) is 59.3 cm³/mol. The minimum Gasteiger partial charge on any atom is -0.248 e. The van der Waals surface area contributed by atoms with Gasteiger partial charge in [0.15, 0.2) is 5.69 Å². The highest BCUT2D eigenvalue weighted by Crippen LogP contribution is 2.35. The van der Waals surface area contributed by atoms with E-state index in [2.05, 4.69) is 10.2 Å². The first-order chi connectivity index (χ1) is 9.48. The van der Waals surface area contributed by atoms with E-state index in [1.807, 2.05) is 0 Å². The molecule has 0 bridgehead atoms. The standard InChI is InChI=1S/C11H10F6N4/c1-6-3-7(2)20(18-6)5-21-9(11(15,16)17)4-8(19-21)10(12,13)14/h3-4H,5H2,1-2H3. The molecule has 0 aliphatic rings. The molecular formula is C11H10F6N4. The van der Waals surface area contributed by atoms with Crippen LogP contribution in [-0.2, 0) is 19.0 Å². The monoisotopic (exact) mass is 312 g/mol. The number of hydrogen-bond acceptors (Lipinski definition) is 2. The minimum atomic E-state index is -4.94. The number of halogens is 6. The molecule has 2 aromatic heterocycles. The Morgan fingerprint density at radius 1 is 0.905 bits per heavy atom. The number of aromatic nitrogens is 4. The van der Waals surface area contributed by atoms with Crippen molar-refractivity contribution in [3.63, 3.8) is 0 Å². The molecule has 0 saturated carbocycles. The Labute approximate surface area is 115 Å². The van der Waals surface area contributed by atoms with Gasteiger partial charge in [-0.15, -0.1) is 0 Å². The summed E-state index contributed by atoms with van der Waals surface area (Å²) in [7, 11) is 0. The van der Waals surface area contributed by atoms with Gasteiger partial charge in [-0.25, -0.2) is 9.36 Å². The van der Waals surface area contributed by atoms with Gasteiger partial charge >= 0.3 is 12.4 Å². The van der Waals surface area contributed by atoms with Crippen LogP contribution in [0.3, 0.4) is 0 Å². The van der Waals surface area contributed by atoms with Crippen LogP contribution >= 0.6 is 0 Å². The van der Waals surface area contributed by atoms with Gasteiger partial charge in [0.25, 0.3) is 0 Å². The highest BCUT2D eigenvalue weighted by Gasteiger charge is 2.41. The van der Waals surface area contributed by atoms with Gasteiger partial charge in [-0.1, -0.05) is 0 Å². The molecular weight excluding hydrogens is 302 g/mol. The number of aryl methyl sites for hydroxylation is 2. The molecule has 0 unspecified atom stereocenters. The molecule has 2 heterocycles. The van der Waals surface area contributed by atoms with Gasteiger partial charge < -0.3 is 0 Å². The second-order valence-corrected chi connectivity index (χ2v) is 4.48. The first-order valence-electron chi connectivity index (χ1n) is 5.72. The Morgan fingerprint density at radius 2 is 1.52 bits per heavy atom. The molecule has 116 valence electrons. The topological polar surface area (TPSA) is 35.6 Å². The van der Waals surface area contributed by atoms with Gasteiger partial charge in [0, 0.05) is 11.8 Å². The van der Waals surface area contributed by atoms with Crippen LogP contribution in [0.15, 0.2) is 12.1 Å². The molecule has 0 saturated heterocycles. The van der Waals surface area contributed by atoms with E-state index in [0.29, 0.717) is 11.4 Å². The highest BCUT2D eigenvalue weighted by molar-refractivity contribution is 5.16. The summed E-state index contributed by atoms with van der Waals surface area (Å²) in [6.07, 6.45) is -9.88. The number of nitrogens with zero attached hydrogens (tertiary/aromatic N) is 4. The van der Waals surface area contributed by atoms with Gasteiger partial charge in [0.2, 0.25) is 0 Å². The molecule has 2 aromatic rings. The molecule has 21 heavy (non-hydrogen) atoms. The Hall–Kier alpha value is -2.00. The van der Waals surface area contributed by atoms with Gasteiger partial charge in [0.05, 0.1) is 5.69 Å². The summed E-state index contributed by atoms with van der Waals surface area (Å²) in [6, 6.07) is 1.59. The number of rotatable bonds is 2. The lowest BCUT2D eigenvalue weighted by molar-refractivity contribution is -0.144. The average Bonchev–Trinajstić information content (AvgIpc) is 2.82. The van der Waals surface area contributed by atoms with E-state index >= 15 is 0 Å². The van der Waals surface area contributed by atoms with Crippen molar-refractivity contribution in [2.45, 2.75) is 32.9 Å². The zero-order chi connectivity index (χ0) is 16.0. The quantitative estimate of drug-likeness (QED) is 0.798. The van der Waals surface area contributed by atoms with E-state index in [1.54, 1.807) is 19.9 Å². The van der Waals surface area contributed by atoms with Gasteiger partial charge in [-0.05, 0) is 19.9 Å². The summed E-state index contributed by atoms with van der Waals surface area (Å²) < 4.78 is 77.4. The molecule has 0 aromatic carbocycles. The predicted octanol–water partition coefficient (Wildman–Crippen LogP) is 3.24. The van der Waals surface area contributed by atoms with Crippen molar-refractivity contribution in [2.24, 2.45) is 0 Å². The van der Waals surface area contributed by atoms with E-state index in [4.69, 9.17) is 0 Å². The molecule has 0 aliphatic heterocycles. The van der Waals surface area contributed by atoms with Crippen molar-refractivity contribution in [3.8, 4) is 0 Å². The molecule has 0 fully saturated rings. The zero-order valence-electron chi connectivity index (χ0n) is 10.9. The maximum absolute atomic E-state index is 12.8. The third-order valence-electron chi connectivity index (χ3n) is 2.73. The second-order valence-electron chi connectivity index (χ2n) is 4.48. The minimum absolute atomic E-state index is 0.00824. The van der Waals surface area contributed by atoms with Crippen molar-refractivity contribution in [3.05, 3.63) is 34.9 Å². The van der Waals surface area contributed by atoms with E-state index in [0.717, 1.165) is 4.68 Å². The molecule has 2 rings (SSSR count). The van der Waals surface area contributed by atoms with Crippen LogP contribution in [0.4, 0.5) is 26.3 Å². The molecule has 10 heteroatoms. The number of hydrogen-bond donors (Lipinski definition) is 0. The van der Waals surface area contributed by atoms with Crippen LogP contribution in [0.25, 0.3) is 0 Å². The molecule has 4 nitrogen and oxygen atoms in total. The van der Waals surface area contributed by atoms with Crippen LogP contribution < -0.4 is 0 Å². The summed E-state index contributed by atoms with van der Waals surface area (Å²) in [4.78, 5) is 0. The van der Waals surface area contributed by atoms with Crippen molar-refractivity contribution < 1.29 is 26.3 Å². The van der Waals surface area contributed by atoms with Crippen LogP contribution in [0.2, 0.25) is 0 Å². The third-order valence-corrected chi connectivity index (χ3v) is 2.73. The molecule has 0 N–H and O–H groups in total. The molecule has 0 amide bonds. The van der Waals surface area contributed by atoms with Gasteiger partial charge in [0.1, 0.15) is 12.4 Å². The van der Waals surface area contributed by atoms with E-state index in [1.165, 1.54) is 0 Å². The summed E-state index contributed by atoms with van der Waals surface area (Å²) in [5.74, 6) is 0.